The van der Waals surface area contributed by atoms with Crippen molar-refractivity contribution in [2.24, 2.45) is 0 Å². The van der Waals surface area contributed by atoms with Gasteiger partial charge in [0.25, 0.3) is 11.1 Å². The van der Waals surface area contributed by atoms with Crippen LogP contribution in [0.1, 0.15) is 25.0 Å². The van der Waals surface area contributed by atoms with Gasteiger partial charge in [-0.25, -0.2) is 26.8 Å². The largest absolute Gasteiger partial charge is 0.312 e. The van der Waals surface area contributed by atoms with E-state index in [4.69, 9.17) is 0 Å². The van der Waals surface area contributed by atoms with E-state index >= 15 is 0 Å². The van der Waals surface area contributed by atoms with E-state index in [1.54, 1.807) is 68.4 Å². The van der Waals surface area contributed by atoms with Gasteiger partial charge in [0.05, 0.1) is 11.5 Å². The summed E-state index contributed by atoms with van der Waals surface area (Å²) >= 11 is 3.29. The van der Waals surface area contributed by atoms with Gasteiger partial charge in [0.15, 0.2) is 0 Å². The van der Waals surface area contributed by atoms with Crippen molar-refractivity contribution in [1.29, 1.82) is 0 Å². The molecule has 0 saturated heterocycles. The van der Waals surface area contributed by atoms with Crippen LogP contribution < -0.4 is 11.1 Å². The Morgan fingerprint density at radius 2 is 1.08 bits per heavy atom. The molecule has 0 bridgehead atoms. The van der Waals surface area contributed by atoms with Gasteiger partial charge in [-0.1, -0.05) is 58.4 Å². The van der Waals surface area contributed by atoms with E-state index in [1.165, 1.54) is 33.9 Å². The molecule has 13 heteroatoms. The fourth-order valence-corrected chi connectivity index (χ4v) is 6.52. The van der Waals surface area contributed by atoms with Gasteiger partial charge in [-0.3, -0.25) is 9.59 Å². The Balaban J connectivity index is 0.000000216. The van der Waals surface area contributed by atoms with E-state index < -0.39 is 35.8 Å². The standard InChI is InChI=1S/C13H13BrN2O3S.C13H14N2O3S/c1-2-16-8-7-15-12(13(16)17)20(18,19)9-10-3-5-11(14)6-4-10;1-2-15-9-8-14-12(13(15)16)19(17,18)10-11-6-4-3-5-7-11/h3-8H,2,9H2,1H3;3-9H,2,10H2,1H3. The third-order valence-corrected chi connectivity index (χ3v) is 9.20. The van der Waals surface area contributed by atoms with Gasteiger partial charge in [0.2, 0.25) is 29.7 Å². The van der Waals surface area contributed by atoms with Crippen LogP contribution in [-0.2, 0) is 44.3 Å². The molecule has 0 fully saturated rings. The van der Waals surface area contributed by atoms with Gasteiger partial charge >= 0.3 is 0 Å². The number of halogens is 1. The Labute approximate surface area is 235 Å². The van der Waals surface area contributed by atoms with Gasteiger partial charge in [-0.05, 0) is 37.1 Å². The Morgan fingerprint density at radius 1 is 0.667 bits per heavy atom. The summed E-state index contributed by atoms with van der Waals surface area (Å²) in [7, 11) is -7.47. The van der Waals surface area contributed by atoms with Crippen molar-refractivity contribution in [1.82, 2.24) is 19.1 Å². The Bertz CT molecular complexity index is 1750. The van der Waals surface area contributed by atoms with Crippen LogP contribution >= 0.6 is 15.9 Å². The highest BCUT2D eigenvalue weighted by atomic mass is 79.9. The van der Waals surface area contributed by atoms with Crippen molar-refractivity contribution in [2.75, 3.05) is 0 Å². The molecule has 0 atom stereocenters. The second-order valence-corrected chi connectivity index (χ2v) is 13.0. The minimum Gasteiger partial charge on any atom is -0.312 e. The number of sulfone groups is 2. The summed E-state index contributed by atoms with van der Waals surface area (Å²) in [4.78, 5) is 31.4. The second-order valence-electron chi connectivity index (χ2n) is 8.28. The molecule has 0 saturated carbocycles. The van der Waals surface area contributed by atoms with E-state index in [2.05, 4.69) is 25.9 Å². The van der Waals surface area contributed by atoms with Crippen LogP contribution in [0.15, 0.2) is 103 Å². The quantitative estimate of drug-likeness (QED) is 0.288. The molecule has 10 nitrogen and oxygen atoms in total. The fraction of sp³-hybridized carbons (Fsp3) is 0.231. The number of benzene rings is 2. The lowest BCUT2D eigenvalue weighted by atomic mass is 10.2. The molecule has 0 unspecified atom stereocenters. The summed E-state index contributed by atoms with van der Waals surface area (Å²) in [5, 5.41) is -0.787. The molecule has 0 amide bonds. The molecule has 0 aliphatic heterocycles. The maximum Gasteiger partial charge on any atom is 0.288 e. The molecule has 0 spiro atoms. The second kappa shape index (κ2) is 13.1. The number of aryl methyl sites for hydroxylation is 2. The predicted octanol–water partition coefficient (Wildman–Crippen LogP) is 3.24. The zero-order valence-corrected chi connectivity index (χ0v) is 24.5. The fourth-order valence-electron chi connectivity index (χ4n) is 3.51. The lowest BCUT2D eigenvalue weighted by Crippen LogP contribution is -2.27. The predicted molar refractivity (Wildman–Crippen MR) is 151 cm³/mol. The van der Waals surface area contributed by atoms with Crippen molar-refractivity contribution < 1.29 is 16.8 Å². The average Bonchev–Trinajstić information content (AvgIpc) is 2.90. The summed E-state index contributed by atoms with van der Waals surface area (Å²) in [6, 6.07) is 15.6. The maximum atomic E-state index is 12.3. The molecule has 2 aromatic carbocycles. The molecule has 39 heavy (non-hydrogen) atoms. The van der Waals surface area contributed by atoms with Gasteiger partial charge in [-0.2, -0.15) is 0 Å². The van der Waals surface area contributed by atoms with Crippen LogP contribution in [0.5, 0.6) is 0 Å². The molecule has 2 heterocycles. The van der Waals surface area contributed by atoms with Crippen LogP contribution in [0, 0.1) is 0 Å². The van der Waals surface area contributed by atoms with Crippen LogP contribution in [0.2, 0.25) is 0 Å². The van der Waals surface area contributed by atoms with Gasteiger partial charge in [0.1, 0.15) is 0 Å². The van der Waals surface area contributed by atoms with Gasteiger partial charge in [0, 0.05) is 42.3 Å². The number of rotatable bonds is 8. The SMILES string of the molecule is CCn1ccnc(S(=O)(=O)Cc2ccc(Br)cc2)c1=O.CCn1ccnc(S(=O)(=O)Cc2ccccc2)c1=O. The number of aromatic nitrogens is 4. The van der Waals surface area contributed by atoms with E-state index in [0.717, 1.165) is 4.47 Å². The van der Waals surface area contributed by atoms with Gasteiger partial charge in [-0.15, -0.1) is 0 Å². The first-order valence-corrected chi connectivity index (χ1v) is 15.9. The Morgan fingerprint density at radius 3 is 1.49 bits per heavy atom. The molecule has 0 N–H and O–H groups in total. The number of hydrogen-bond donors (Lipinski definition) is 0. The first kappa shape index (κ1) is 30.1. The monoisotopic (exact) mass is 634 g/mol. The lowest BCUT2D eigenvalue weighted by Gasteiger charge is -2.06. The van der Waals surface area contributed by atoms with Crippen molar-refractivity contribution in [3.05, 3.63) is 116 Å². The van der Waals surface area contributed by atoms with E-state index in [-0.39, 0.29) is 16.5 Å². The van der Waals surface area contributed by atoms with Gasteiger partial charge < -0.3 is 9.13 Å². The molecule has 4 aromatic rings. The van der Waals surface area contributed by atoms with Crippen molar-refractivity contribution in [3.63, 3.8) is 0 Å². The first-order chi connectivity index (χ1) is 18.5. The smallest absolute Gasteiger partial charge is 0.288 e. The molecule has 206 valence electrons. The highest BCUT2D eigenvalue weighted by Gasteiger charge is 2.22. The summed E-state index contributed by atoms with van der Waals surface area (Å²) in [6.45, 7) is 4.36. The summed E-state index contributed by atoms with van der Waals surface area (Å²) in [5.41, 5.74) is 0.102. The van der Waals surface area contributed by atoms with E-state index in [9.17, 15) is 26.4 Å². The van der Waals surface area contributed by atoms with Crippen LogP contribution in [0.4, 0.5) is 0 Å². The highest BCUT2D eigenvalue weighted by molar-refractivity contribution is 9.10. The zero-order chi connectivity index (χ0) is 28.6. The molecular weight excluding hydrogens is 608 g/mol. The molecule has 0 radical (unpaired) electrons. The number of hydrogen-bond acceptors (Lipinski definition) is 8. The average molecular weight is 636 g/mol. The first-order valence-electron chi connectivity index (χ1n) is 11.8. The zero-order valence-electron chi connectivity index (χ0n) is 21.3. The summed E-state index contributed by atoms with van der Waals surface area (Å²) in [6.07, 6.45) is 5.62. The van der Waals surface area contributed by atoms with E-state index in [1.807, 2.05) is 0 Å². The Kier molecular flexibility index (Phi) is 10.1. The molecule has 0 aliphatic rings. The number of nitrogens with zero attached hydrogens (tertiary/aromatic N) is 4. The maximum absolute atomic E-state index is 12.3. The molecule has 0 aliphatic carbocycles. The van der Waals surface area contributed by atoms with E-state index in [0.29, 0.717) is 24.2 Å². The van der Waals surface area contributed by atoms with Crippen molar-refractivity contribution >= 4 is 35.6 Å². The third kappa shape index (κ3) is 7.80. The van der Waals surface area contributed by atoms with Crippen LogP contribution in [-0.4, -0.2) is 35.9 Å². The highest BCUT2D eigenvalue weighted by Crippen LogP contribution is 2.15. The summed E-state index contributed by atoms with van der Waals surface area (Å²) in [5.74, 6) is -0.458. The minimum atomic E-state index is -3.75. The van der Waals surface area contributed by atoms with Crippen molar-refractivity contribution in [3.8, 4) is 0 Å². The topological polar surface area (TPSA) is 138 Å². The van der Waals surface area contributed by atoms with Crippen LogP contribution in [0.3, 0.4) is 0 Å². The normalized spacial score (nSPS) is 11.5. The molecular formula is C26H27BrN4O6S2. The lowest BCUT2D eigenvalue weighted by molar-refractivity contribution is 0.582. The Hall–Kier alpha value is -3.42. The van der Waals surface area contributed by atoms with Crippen molar-refractivity contribution in [2.45, 2.75) is 48.5 Å². The minimum absolute atomic E-state index is 0.218. The third-order valence-electron chi connectivity index (χ3n) is 5.50. The van der Waals surface area contributed by atoms with Crippen LogP contribution in [0.25, 0.3) is 0 Å². The molecule has 2 aromatic heterocycles. The molecule has 4 rings (SSSR count). The summed E-state index contributed by atoms with van der Waals surface area (Å²) < 4.78 is 52.5.